The molecule has 3 heteroatoms. The number of benzene rings is 3. The van der Waals surface area contributed by atoms with Crippen molar-refractivity contribution in [2.45, 2.75) is 12.5 Å². The molecule has 0 saturated heterocycles. The summed E-state index contributed by atoms with van der Waals surface area (Å²) >= 11 is 0. The van der Waals surface area contributed by atoms with Crippen LogP contribution in [0.5, 0.6) is 5.75 Å². The van der Waals surface area contributed by atoms with E-state index in [1.807, 2.05) is 79.7 Å². The van der Waals surface area contributed by atoms with E-state index in [1.54, 1.807) is 6.07 Å². The number of rotatable bonds is 4. The summed E-state index contributed by atoms with van der Waals surface area (Å²) in [6, 6.07) is 24.6. The summed E-state index contributed by atoms with van der Waals surface area (Å²) in [6.07, 6.45) is 0. The van der Waals surface area contributed by atoms with Crippen molar-refractivity contribution in [3.63, 3.8) is 0 Å². The number of aryl methyl sites for hydroxylation is 1. The van der Waals surface area contributed by atoms with E-state index in [4.69, 9.17) is 10.7 Å². The average molecular weight is 305 g/mol. The van der Waals surface area contributed by atoms with Gasteiger partial charge in [-0.3, -0.25) is 0 Å². The Kier molecular flexibility index (Phi) is 4.15. The van der Waals surface area contributed by atoms with E-state index in [0.29, 0.717) is 11.3 Å². The van der Waals surface area contributed by atoms with Gasteiger partial charge >= 0.3 is 0 Å². The fourth-order valence-electron chi connectivity index (χ4n) is 2.82. The van der Waals surface area contributed by atoms with Gasteiger partial charge in [-0.15, -0.1) is 0 Å². The topological polar surface area (TPSA) is 55.5 Å². The molecule has 3 rings (SSSR count). The second-order valence-electron chi connectivity index (χ2n) is 5.56. The summed E-state index contributed by atoms with van der Waals surface area (Å²) in [5, 5.41) is 11.7. The third kappa shape index (κ3) is 2.72. The van der Waals surface area contributed by atoms with Crippen LogP contribution in [0.1, 0.15) is 22.3 Å². The highest BCUT2D eigenvalue weighted by atomic mass is 16.6. The van der Waals surface area contributed by atoms with Crippen LogP contribution in [-0.2, 0) is 5.60 Å². The molecule has 0 saturated carbocycles. The lowest BCUT2D eigenvalue weighted by Gasteiger charge is -2.31. The Labute approximate surface area is 135 Å². The third-order valence-corrected chi connectivity index (χ3v) is 4.06. The number of nitrogens with two attached hydrogens (primary N) is 1. The van der Waals surface area contributed by atoms with Gasteiger partial charge in [0.2, 0.25) is 0 Å². The molecule has 3 nitrogen and oxygen atoms in total. The van der Waals surface area contributed by atoms with E-state index < -0.39 is 5.60 Å². The van der Waals surface area contributed by atoms with Gasteiger partial charge in [0, 0.05) is 5.56 Å². The highest BCUT2D eigenvalue weighted by Gasteiger charge is 2.36. The van der Waals surface area contributed by atoms with E-state index in [1.165, 1.54) is 0 Å². The molecule has 0 aliphatic heterocycles. The van der Waals surface area contributed by atoms with Crippen molar-refractivity contribution < 1.29 is 9.94 Å². The number of hydrogen-bond acceptors (Lipinski definition) is 3. The molecule has 0 radical (unpaired) electrons. The fraction of sp³-hybridized carbons (Fsp3) is 0.100. The highest BCUT2D eigenvalue weighted by Crippen LogP contribution is 2.40. The van der Waals surface area contributed by atoms with Crippen LogP contribution in [-0.4, -0.2) is 5.11 Å². The maximum Gasteiger partial charge on any atom is 0.153 e. The maximum atomic E-state index is 11.7. The SMILES string of the molecule is Cc1ccc(C(O)(c2ccccc2)c2ccccc2ON)cc1. The van der Waals surface area contributed by atoms with E-state index in [0.717, 1.165) is 16.7 Å². The Morgan fingerprint density at radius 2 is 1.35 bits per heavy atom. The first kappa shape index (κ1) is 15.3. The van der Waals surface area contributed by atoms with Gasteiger partial charge in [0.25, 0.3) is 0 Å². The molecule has 0 fully saturated rings. The minimum Gasteiger partial charge on any atom is -0.411 e. The lowest BCUT2D eigenvalue weighted by atomic mass is 9.80. The molecule has 23 heavy (non-hydrogen) atoms. The molecule has 0 aromatic heterocycles. The van der Waals surface area contributed by atoms with Crippen LogP contribution >= 0.6 is 0 Å². The Morgan fingerprint density at radius 3 is 2.00 bits per heavy atom. The molecular formula is C20H19NO2. The molecular weight excluding hydrogens is 286 g/mol. The third-order valence-electron chi connectivity index (χ3n) is 4.06. The van der Waals surface area contributed by atoms with Gasteiger partial charge in [0.1, 0.15) is 5.60 Å². The number of aliphatic hydroxyl groups is 1. The second kappa shape index (κ2) is 6.24. The quantitative estimate of drug-likeness (QED) is 0.572. The smallest absolute Gasteiger partial charge is 0.153 e. The van der Waals surface area contributed by atoms with Crippen molar-refractivity contribution in [1.29, 1.82) is 0 Å². The zero-order chi connectivity index (χ0) is 16.3. The minimum atomic E-state index is -1.34. The molecule has 3 aromatic rings. The van der Waals surface area contributed by atoms with E-state index in [9.17, 15) is 5.11 Å². The maximum absolute atomic E-state index is 11.7. The molecule has 116 valence electrons. The van der Waals surface area contributed by atoms with Crippen LogP contribution in [0, 0.1) is 6.92 Å². The molecule has 0 aliphatic carbocycles. The van der Waals surface area contributed by atoms with E-state index >= 15 is 0 Å². The molecule has 3 N–H and O–H groups in total. The molecule has 0 bridgehead atoms. The predicted molar refractivity (Wildman–Crippen MR) is 91.0 cm³/mol. The molecule has 1 unspecified atom stereocenters. The van der Waals surface area contributed by atoms with Crippen LogP contribution in [0.4, 0.5) is 0 Å². The molecule has 0 spiro atoms. The minimum absolute atomic E-state index is 0.444. The highest BCUT2D eigenvalue weighted by molar-refractivity contribution is 5.52. The Bertz CT molecular complexity index is 784. The van der Waals surface area contributed by atoms with Gasteiger partial charge in [-0.2, -0.15) is 5.90 Å². The van der Waals surface area contributed by atoms with E-state index in [2.05, 4.69) is 0 Å². The van der Waals surface area contributed by atoms with Crippen LogP contribution < -0.4 is 10.7 Å². The Balaban J connectivity index is 2.28. The fourth-order valence-corrected chi connectivity index (χ4v) is 2.82. The monoisotopic (exact) mass is 305 g/mol. The molecule has 0 aliphatic rings. The van der Waals surface area contributed by atoms with Crippen molar-refractivity contribution in [3.05, 3.63) is 101 Å². The van der Waals surface area contributed by atoms with Gasteiger partial charge in [-0.1, -0.05) is 78.4 Å². The van der Waals surface area contributed by atoms with Crippen molar-refractivity contribution in [2.75, 3.05) is 0 Å². The zero-order valence-electron chi connectivity index (χ0n) is 12.9. The summed E-state index contributed by atoms with van der Waals surface area (Å²) in [5.74, 6) is 5.86. The zero-order valence-corrected chi connectivity index (χ0v) is 12.9. The van der Waals surface area contributed by atoms with Crippen molar-refractivity contribution in [3.8, 4) is 5.75 Å². The lowest BCUT2D eigenvalue weighted by molar-refractivity contribution is 0.120. The molecule has 0 heterocycles. The Hall–Kier alpha value is -2.62. The second-order valence-corrected chi connectivity index (χ2v) is 5.56. The predicted octanol–water partition coefficient (Wildman–Crippen LogP) is 3.53. The Morgan fingerprint density at radius 1 is 0.783 bits per heavy atom. The summed E-state index contributed by atoms with van der Waals surface area (Å²) in [4.78, 5) is 5.00. The van der Waals surface area contributed by atoms with Gasteiger partial charge < -0.3 is 9.94 Å². The largest absolute Gasteiger partial charge is 0.411 e. The van der Waals surface area contributed by atoms with Gasteiger partial charge in [-0.05, 0) is 24.1 Å². The van der Waals surface area contributed by atoms with Crippen LogP contribution in [0.15, 0.2) is 78.9 Å². The first-order valence-electron chi connectivity index (χ1n) is 7.47. The number of para-hydroxylation sites is 1. The molecule has 0 amide bonds. The van der Waals surface area contributed by atoms with Gasteiger partial charge in [0.15, 0.2) is 5.75 Å². The first-order valence-corrected chi connectivity index (χ1v) is 7.47. The first-order chi connectivity index (χ1) is 11.2. The summed E-state index contributed by atoms with van der Waals surface area (Å²) in [6.45, 7) is 2.02. The lowest BCUT2D eigenvalue weighted by Crippen LogP contribution is -2.30. The molecule has 3 aromatic carbocycles. The van der Waals surface area contributed by atoms with Crippen LogP contribution in [0.25, 0.3) is 0 Å². The van der Waals surface area contributed by atoms with Crippen LogP contribution in [0.3, 0.4) is 0 Å². The van der Waals surface area contributed by atoms with Crippen molar-refractivity contribution in [1.82, 2.24) is 0 Å². The van der Waals surface area contributed by atoms with E-state index in [-0.39, 0.29) is 0 Å². The van der Waals surface area contributed by atoms with Crippen LogP contribution in [0.2, 0.25) is 0 Å². The van der Waals surface area contributed by atoms with Gasteiger partial charge in [0.05, 0.1) is 0 Å². The van der Waals surface area contributed by atoms with Crippen molar-refractivity contribution >= 4 is 0 Å². The standard InChI is InChI=1S/C20H19NO2/c1-15-11-13-17(14-12-15)20(22,16-7-3-2-4-8-16)18-9-5-6-10-19(18)23-21/h2-14,22H,21H2,1H3. The normalized spacial score (nSPS) is 13.3. The summed E-state index contributed by atoms with van der Waals surface area (Å²) < 4.78 is 0. The average Bonchev–Trinajstić information content (AvgIpc) is 2.62. The van der Waals surface area contributed by atoms with Crippen molar-refractivity contribution in [2.24, 2.45) is 5.90 Å². The van der Waals surface area contributed by atoms with Gasteiger partial charge in [-0.25, -0.2) is 0 Å². The summed E-state index contributed by atoms with van der Waals surface area (Å²) in [5.41, 5.74) is 1.92. The molecule has 1 atom stereocenters. The summed E-state index contributed by atoms with van der Waals surface area (Å²) in [7, 11) is 0. The number of hydrogen-bond donors (Lipinski definition) is 2.